The summed E-state index contributed by atoms with van der Waals surface area (Å²) in [5, 5.41) is 2.48. The summed E-state index contributed by atoms with van der Waals surface area (Å²) in [5.41, 5.74) is 1.53. The number of amides is 4. The monoisotopic (exact) mass is 412 g/mol. The number of benzene rings is 2. The van der Waals surface area contributed by atoms with Crippen molar-refractivity contribution in [2.45, 2.75) is 19.8 Å². The van der Waals surface area contributed by atoms with E-state index in [1.165, 1.54) is 6.08 Å². The topological polar surface area (TPSA) is 84.9 Å². The van der Waals surface area contributed by atoms with Crippen LogP contribution in [-0.2, 0) is 9.59 Å². The normalized spacial score (nSPS) is 17.3. The zero-order chi connectivity index (χ0) is 20.7. The fourth-order valence-corrected chi connectivity index (χ4v) is 3.35. The highest BCUT2D eigenvalue weighted by atomic mass is 35.5. The van der Waals surface area contributed by atoms with Gasteiger partial charge in [-0.2, -0.15) is 0 Å². The van der Waals surface area contributed by atoms with Crippen LogP contribution in [0.5, 0.6) is 11.5 Å². The van der Waals surface area contributed by atoms with Gasteiger partial charge >= 0.3 is 6.03 Å². The van der Waals surface area contributed by atoms with Crippen molar-refractivity contribution in [2.75, 3.05) is 11.7 Å². The Morgan fingerprint density at radius 3 is 2.48 bits per heavy atom. The molecule has 2 aliphatic heterocycles. The van der Waals surface area contributed by atoms with Gasteiger partial charge in [0.05, 0.1) is 10.7 Å². The number of rotatable bonds is 3. The summed E-state index contributed by atoms with van der Waals surface area (Å²) >= 11 is 6.25. The second-order valence-electron chi connectivity index (χ2n) is 6.90. The molecule has 1 N–H and O–H groups in total. The van der Waals surface area contributed by atoms with Crippen LogP contribution in [0.4, 0.5) is 10.5 Å². The molecule has 148 valence electrons. The molecule has 2 aromatic rings. The molecule has 0 aliphatic carbocycles. The molecule has 0 radical (unpaired) electrons. The Hall–Kier alpha value is -3.32. The van der Waals surface area contributed by atoms with Crippen molar-refractivity contribution >= 4 is 41.2 Å². The lowest BCUT2D eigenvalue weighted by Crippen LogP contribution is -2.54. The summed E-state index contributed by atoms with van der Waals surface area (Å²) in [6.45, 7) is 4.10. The van der Waals surface area contributed by atoms with Crippen molar-refractivity contribution < 1.29 is 23.9 Å². The number of halogens is 1. The first kappa shape index (κ1) is 19.0. The van der Waals surface area contributed by atoms with Gasteiger partial charge in [-0.05, 0) is 41.8 Å². The van der Waals surface area contributed by atoms with E-state index in [4.69, 9.17) is 21.1 Å². The van der Waals surface area contributed by atoms with Crippen LogP contribution in [0.1, 0.15) is 30.9 Å². The van der Waals surface area contributed by atoms with Gasteiger partial charge in [0.1, 0.15) is 5.57 Å². The molecule has 4 rings (SSSR count). The van der Waals surface area contributed by atoms with Crippen molar-refractivity contribution in [1.29, 1.82) is 0 Å². The molecule has 0 bridgehead atoms. The molecular weight excluding hydrogens is 396 g/mol. The number of hydrogen-bond acceptors (Lipinski definition) is 5. The minimum Gasteiger partial charge on any atom is -0.454 e. The fraction of sp³-hybridized carbons (Fsp3) is 0.190. The second-order valence-corrected chi connectivity index (χ2v) is 7.31. The number of nitrogens with zero attached hydrogens (tertiary/aromatic N) is 1. The van der Waals surface area contributed by atoms with Crippen molar-refractivity contribution in [2.24, 2.45) is 0 Å². The van der Waals surface area contributed by atoms with Gasteiger partial charge in [0, 0.05) is 5.56 Å². The third-order valence-electron chi connectivity index (χ3n) is 4.73. The molecule has 1 saturated heterocycles. The highest BCUT2D eigenvalue weighted by Crippen LogP contribution is 2.41. The first-order valence-electron chi connectivity index (χ1n) is 8.96. The molecule has 1 fully saturated rings. The van der Waals surface area contributed by atoms with Crippen molar-refractivity contribution in [3.05, 3.63) is 58.1 Å². The molecule has 29 heavy (non-hydrogen) atoms. The zero-order valence-corrected chi connectivity index (χ0v) is 16.4. The van der Waals surface area contributed by atoms with Gasteiger partial charge in [0.25, 0.3) is 11.8 Å². The third-order valence-corrected chi connectivity index (χ3v) is 5.06. The van der Waals surface area contributed by atoms with Crippen molar-refractivity contribution in [3.8, 4) is 11.5 Å². The standard InChI is InChI=1S/C21H17ClN2O5/c1-11(2)12-3-5-13(6-4-12)24-20(26)15(19(25)23-21(24)27)9-14-16(22)7-8-17-18(14)29-10-28-17/h3-9,11H,10H2,1-2H3,(H,23,25,27)/b15-9+. The molecule has 0 unspecified atom stereocenters. The Labute approximate surface area is 171 Å². The SMILES string of the molecule is CC(C)c1ccc(N2C(=O)NC(=O)/C(=C\c3c(Cl)ccc4c3OCO4)C2=O)cc1. The first-order valence-corrected chi connectivity index (χ1v) is 9.34. The number of ether oxygens (including phenoxy) is 2. The lowest BCUT2D eigenvalue weighted by molar-refractivity contribution is -0.122. The molecular formula is C21H17ClN2O5. The maximum atomic E-state index is 13.0. The zero-order valence-electron chi connectivity index (χ0n) is 15.7. The van der Waals surface area contributed by atoms with Crippen LogP contribution in [0.25, 0.3) is 6.08 Å². The van der Waals surface area contributed by atoms with Crippen LogP contribution in [0.15, 0.2) is 42.0 Å². The molecule has 0 atom stereocenters. The quantitative estimate of drug-likeness (QED) is 0.611. The van der Waals surface area contributed by atoms with Gasteiger partial charge in [-0.3, -0.25) is 14.9 Å². The molecule has 0 saturated carbocycles. The predicted molar refractivity (Wildman–Crippen MR) is 107 cm³/mol. The minimum absolute atomic E-state index is 0.0127. The number of carbonyl (C=O) groups is 3. The number of carbonyl (C=O) groups excluding carboxylic acids is 3. The smallest absolute Gasteiger partial charge is 0.335 e. The van der Waals surface area contributed by atoms with Crippen LogP contribution in [0.2, 0.25) is 5.02 Å². The van der Waals surface area contributed by atoms with E-state index >= 15 is 0 Å². The van der Waals surface area contributed by atoms with Crippen molar-refractivity contribution in [3.63, 3.8) is 0 Å². The van der Waals surface area contributed by atoms with Gasteiger partial charge in [-0.1, -0.05) is 37.6 Å². The Kier molecular flexibility index (Phi) is 4.76. The Balaban J connectivity index is 1.75. The fourth-order valence-electron chi connectivity index (χ4n) is 3.15. The summed E-state index contributed by atoms with van der Waals surface area (Å²) < 4.78 is 10.7. The maximum absolute atomic E-state index is 13.0. The number of imide groups is 2. The average molecular weight is 413 g/mol. The Morgan fingerprint density at radius 2 is 1.79 bits per heavy atom. The number of hydrogen-bond donors (Lipinski definition) is 1. The van der Waals surface area contributed by atoms with Gasteiger partial charge in [0.15, 0.2) is 11.5 Å². The van der Waals surface area contributed by atoms with E-state index in [2.05, 4.69) is 5.32 Å². The Bertz CT molecular complexity index is 1060. The van der Waals surface area contributed by atoms with Crippen LogP contribution in [-0.4, -0.2) is 24.6 Å². The van der Waals surface area contributed by atoms with E-state index in [1.807, 2.05) is 26.0 Å². The number of fused-ring (bicyclic) bond motifs is 1. The van der Waals surface area contributed by atoms with E-state index in [0.29, 0.717) is 28.7 Å². The summed E-state index contributed by atoms with van der Waals surface area (Å²) in [6, 6.07) is 9.44. The van der Waals surface area contributed by atoms with E-state index in [9.17, 15) is 14.4 Å². The molecule has 2 aromatic carbocycles. The summed E-state index contributed by atoms with van der Waals surface area (Å²) in [5.74, 6) is -0.444. The van der Waals surface area contributed by atoms with Gasteiger partial charge in [-0.25, -0.2) is 9.69 Å². The Morgan fingerprint density at radius 1 is 1.07 bits per heavy atom. The number of urea groups is 1. The molecule has 7 nitrogen and oxygen atoms in total. The number of nitrogens with one attached hydrogen (secondary N) is 1. The van der Waals surface area contributed by atoms with E-state index < -0.39 is 17.8 Å². The largest absolute Gasteiger partial charge is 0.454 e. The molecule has 0 spiro atoms. The average Bonchev–Trinajstić information content (AvgIpc) is 3.15. The number of barbiturate groups is 1. The van der Waals surface area contributed by atoms with E-state index in [-0.39, 0.29) is 17.4 Å². The highest BCUT2D eigenvalue weighted by Gasteiger charge is 2.37. The summed E-state index contributed by atoms with van der Waals surface area (Å²) in [4.78, 5) is 38.7. The van der Waals surface area contributed by atoms with E-state index in [0.717, 1.165) is 10.5 Å². The van der Waals surface area contributed by atoms with Crippen molar-refractivity contribution in [1.82, 2.24) is 5.32 Å². The summed E-state index contributed by atoms with van der Waals surface area (Å²) in [7, 11) is 0. The van der Waals surface area contributed by atoms with Gasteiger partial charge in [0.2, 0.25) is 6.79 Å². The number of anilines is 1. The molecule has 0 aromatic heterocycles. The first-order chi connectivity index (χ1) is 13.9. The van der Waals surface area contributed by atoms with Gasteiger partial charge < -0.3 is 9.47 Å². The highest BCUT2D eigenvalue weighted by molar-refractivity contribution is 6.40. The van der Waals surface area contributed by atoms with Crippen LogP contribution in [0, 0.1) is 0 Å². The van der Waals surface area contributed by atoms with Crippen LogP contribution in [0.3, 0.4) is 0 Å². The molecule has 4 amide bonds. The van der Waals surface area contributed by atoms with Crippen LogP contribution >= 0.6 is 11.6 Å². The lowest BCUT2D eigenvalue weighted by Gasteiger charge is -2.26. The maximum Gasteiger partial charge on any atom is 0.335 e. The second kappa shape index (κ2) is 7.25. The van der Waals surface area contributed by atoms with Gasteiger partial charge in [-0.15, -0.1) is 0 Å². The predicted octanol–water partition coefficient (Wildman–Crippen LogP) is 3.86. The lowest BCUT2D eigenvalue weighted by atomic mass is 10.0. The minimum atomic E-state index is -0.807. The third kappa shape index (κ3) is 3.34. The molecule has 2 aliphatic rings. The van der Waals surface area contributed by atoms with Crippen LogP contribution < -0.4 is 19.7 Å². The molecule has 2 heterocycles. The van der Waals surface area contributed by atoms with E-state index in [1.54, 1.807) is 24.3 Å². The summed E-state index contributed by atoms with van der Waals surface area (Å²) in [6.07, 6.45) is 1.31. The molecule has 8 heteroatoms.